The zero-order chi connectivity index (χ0) is 22.1. The predicted octanol–water partition coefficient (Wildman–Crippen LogP) is 1.65. The number of rotatable bonds is 10. The van der Waals surface area contributed by atoms with Crippen LogP contribution in [0.4, 0.5) is 0 Å². The molecule has 2 fully saturated rings. The molecule has 0 aromatic heterocycles. The SMILES string of the molecule is CO[C@@H](C(=O)N[C@@H](CC(C)C)C(=O)N[C@H](C#N)C[C@@H]1CCNC1=O)C1CCCCC1. The van der Waals surface area contributed by atoms with Crippen LogP contribution in [0.25, 0.3) is 0 Å². The zero-order valence-electron chi connectivity index (χ0n) is 18.4. The van der Waals surface area contributed by atoms with Gasteiger partial charge in [-0.3, -0.25) is 14.4 Å². The highest BCUT2D eigenvalue weighted by atomic mass is 16.5. The Labute approximate surface area is 179 Å². The molecule has 8 heteroatoms. The summed E-state index contributed by atoms with van der Waals surface area (Å²) in [5.74, 6) is -0.657. The van der Waals surface area contributed by atoms with Crippen molar-refractivity contribution in [1.29, 1.82) is 5.26 Å². The van der Waals surface area contributed by atoms with Crippen LogP contribution >= 0.6 is 0 Å². The Bertz CT molecular complexity index is 640. The lowest BCUT2D eigenvalue weighted by atomic mass is 9.84. The summed E-state index contributed by atoms with van der Waals surface area (Å²) in [5.41, 5.74) is 0. The molecule has 0 bridgehead atoms. The second-order valence-corrected chi connectivity index (χ2v) is 8.95. The molecular formula is C22H36N4O4. The molecule has 1 aliphatic heterocycles. The van der Waals surface area contributed by atoms with Crippen molar-refractivity contribution >= 4 is 17.7 Å². The maximum Gasteiger partial charge on any atom is 0.250 e. The molecule has 0 aromatic carbocycles. The van der Waals surface area contributed by atoms with Crippen LogP contribution in [0.5, 0.6) is 0 Å². The van der Waals surface area contributed by atoms with Crippen LogP contribution in [0.1, 0.15) is 65.2 Å². The van der Waals surface area contributed by atoms with Crippen LogP contribution in [0.3, 0.4) is 0 Å². The molecule has 1 heterocycles. The van der Waals surface area contributed by atoms with Crippen LogP contribution < -0.4 is 16.0 Å². The van der Waals surface area contributed by atoms with Crippen molar-refractivity contribution in [3.8, 4) is 6.07 Å². The highest BCUT2D eigenvalue weighted by Crippen LogP contribution is 2.28. The van der Waals surface area contributed by atoms with E-state index in [0.717, 1.165) is 25.7 Å². The average Bonchev–Trinajstić information content (AvgIpc) is 3.12. The van der Waals surface area contributed by atoms with Gasteiger partial charge >= 0.3 is 0 Å². The van der Waals surface area contributed by atoms with Gasteiger partial charge < -0.3 is 20.7 Å². The quantitative estimate of drug-likeness (QED) is 0.496. The van der Waals surface area contributed by atoms with Gasteiger partial charge in [0.15, 0.2) is 0 Å². The van der Waals surface area contributed by atoms with Crippen molar-refractivity contribution in [2.75, 3.05) is 13.7 Å². The first-order valence-corrected chi connectivity index (χ1v) is 11.2. The summed E-state index contributed by atoms with van der Waals surface area (Å²) in [7, 11) is 1.54. The predicted molar refractivity (Wildman–Crippen MR) is 112 cm³/mol. The van der Waals surface area contributed by atoms with Crippen molar-refractivity contribution in [3.05, 3.63) is 0 Å². The first-order chi connectivity index (χ1) is 14.3. The lowest BCUT2D eigenvalue weighted by Gasteiger charge is -2.30. The molecule has 0 aromatic rings. The number of hydrogen-bond acceptors (Lipinski definition) is 5. The number of amides is 3. The third-order valence-electron chi connectivity index (χ3n) is 6.09. The molecule has 0 unspecified atom stereocenters. The van der Waals surface area contributed by atoms with E-state index in [2.05, 4.69) is 22.0 Å². The summed E-state index contributed by atoms with van der Waals surface area (Å²) < 4.78 is 5.50. The van der Waals surface area contributed by atoms with Gasteiger partial charge in [0.1, 0.15) is 18.2 Å². The van der Waals surface area contributed by atoms with E-state index < -0.39 is 18.2 Å². The maximum absolute atomic E-state index is 12.9. The third-order valence-corrected chi connectivity index (χ3v) is 6.09. The number of carbonyl (C=O) groups excluding carboxylic acids is 3. The summed E-state index contributed by atoms with van der Waals surface area (Å²) in [6.45, 7) is 4.55. The topological polar surface area (TPSA) is 120 Å². The summed E-state index contributed by atoms with van der Waals surface area (Å²) in [5, 5.41) is 17.8. The number of ether oxygens (including phenoxy) is 1. The fourth-order valence-electron chi connectivity index (χ4n) is 4.48. The second kappa shape index (κ2) is 11.9. The van der Waals surface area contributed by atoms with Gasteiger partial charge in [-0.05, 0) is 43.9 Å². The second-order valence-electron chi connectivity index (χ2n) is 8.95. The Balaban J connectivity index is 2.00. The average molecular weight is 421 g/mol. The molecule has 30 heavy (non-hydrogen) atoms. The van der Waals surface area contributed by atoms with E-state index in [1.807, 2.05) is 13.8 Å². The van der Waals surface area contributed by atoms with Crippen molar-refractivity contribution in [1.82, 2.24) is 16.0 Å². The number of hydrogen-bond donors (Lipinski definition) is 3. The molecule has 0 radical (unpaired) electrons. The summed E-state index contributed by atoms with van der Waals surface area (Å²) in [4.78, 5) is 37.6. The van der Waals surface area contributed by atoms with E-state index in [0.29, 0.717) is 19.4 Å². The van der Waals surface area contributed by atoms with E-state index in [1.165, 1.54) is 13.5 Å². The van der Waals surface area contributed by atoms with Gasteiger partial charge in [-0.15, -0.1) is 0 Å². The molecule has 2 aliphatic rings. The maximum atomic E-state index is 12.9. The van der Waals surface area contributed by atoms with E-state index in [9.17, 15) is 19.6 Å². The number of carbonyl (C=O) groups is 3. The molecule has 0 spiro atoms. The van der Waals surface area contributed by atoms with Crippen LogP contribution in [0.2, 0.25) is 0 Å². The normalized spacial score (nSPS) is 22.6. The van der Waals surface area contributed by atoms with E-state index in [4.69, 9.17) is 4.74 Å². The van der Waals surface area contributed by atoms with Crippen LogP contribution in [-0.2, 0) is 19.1 Å². The zero-order valence-corrected chi connectivity index (χ0v) is 18.4. The van der Waals surface area contributed by atoms with Crippen LogP contribution in [-0.4, -0.2) is 49.6 Å². The fraction of sp³-hybridized carbons (Fsp3) is 0.818. The molecule has 2 rings (SSSR count). The Morgan fingerprint density at radius 1 is 1.17 bits per heavy atom. The van der Waals surface area contributed by atoms with Crippen molar-refractivity contribution in [3.63, 3.8) is 0 Å². The number of methoxy groups -OCH3 is 1. The Hall–Kier alpha value is -2.14. The summed E-state index contributed by atoms with van der Waals surface area (Å²) in [6, 6.07) is 0.566. The monoisotopic (exact) mass is 420 g/mol. The van der Waals surface area contributed by atoms with Gasteiger partial charge in [-0.1, -0.05) is 33.1 Å². The van der Waals surface area contributed by atoms with Crippen LogP contribution in [0.15, 0.2) is 0 Å². The van der Waals surface area contributed by atoms with Gasteiger partial charge in [0.25, 0.3) is 0 Å². The molecule has 3 N–H and O–H groups in total. The van der Waals surface area contributed by atoms with E-state index in [-0.39, 0.29) is 41.9 Å². The van der Waals surface area contributed by atoms with E-state index in [1.54, 1.807) is 0 Å². The van der Waals surface area contributed by atoms with E-state index >= 15 is 0 Å². The van der Waals surface area contributed by atoms with Gasteiger partial charge in [0, 0.05) is 19.6 Å². The smallest absolute Gasteiger partial charge is 0.250 e. The van der Waals surface area contributed by atoms with Gasteiger partial charge in [-0.25, -0.2) is 0 Å². The van der Waals surface area contributed by atoms with Gasteiger partial charge in [0.05, 0.1) is 6.07 Å². The molecule has 4 atom stereocenters. The largest absolute Gasteiger partial charge is 0.371 e. The molecule has 1 aliphatic carbocycles. The molecule has 1 saturated carbocycles. The molecular weight excluding hydrogens is 384 g/mol. The highest BCUT2D eigenvalue weighted by molar-refractivity contribution is 5.90. The molecule has 8 nitrogen and oxygen atoms in total. The Kier molecular flexibility index (Phi) is 9.57. The minimum atomic E-state index is -0.769. The Morgan fingerprint density at radius 2 is 1.87 bits per heavy atom. The minimum absolute atomic E-state index is 0.0769. The molecule has 3 amide bonds. The summed E-state index contributed by atoms with van der Waals surface area (Å²) >= 11 is 0. The van der Waals surface area contributed by atoms with Crippen molar-refractivity contribution in [2.24, 2.45) is 17.8 Å². The number of nitrogens with one attached hydrogen (secondary N) is 3. The van der Waals surface area contributed by atoms with Gasteiger partial charge in [-0.2, -0.15) is 5.26 Å². The lowest BCUT2D eigenvalue weighted by Crippen LogP contribution is -2.53. The third kappa shape index (κ3) is 6.98. The lowest BCUT2D eigenvalue weighted by molar-refractivity contribution is -0.139. The van der Waals surface area contributed by atoms with Gasteiger partial charge in [0.2, 0.25) is 17.7 Å². The number of nitrogens with zero attached hydrogens (tertiary/aromatic N) is 1. The number of nitriles is 1. The minimum Gasteiger partial charge on any atom is -0.371 e. The first kappa shape index (κ1) is 24.1. The van der Waals surface area contributed by atoms with Crippen molar-refractivity contribution < 1.29 is 19.1 Å². The molecule has 168 valence electrons. The fourth-order valence-corrected chi connectivity index (χ4v) is 4.48. The van der Waals surface area contributed by atoms with Crippen LogP contribution in [0, 0.1) is 29.1 Å². The first-order valence-electron chi connectivity index (χ1n) is 11.2. The Morgan fingerprint density at radius 3 is 2.40 bits per heavy atom. The van der Waals surface area contributed by atoms with Crippen molar-refractivity contribution in [2.45, 2.75) is 83.4 Å². The summed E-state index contributed by atoms with van der Waals surface area (Å²) in [6.07, 6.45) is 6.09. The highest BCUT2D eigenvalue weighted by Gasteiger charge is 2.34. The molecule has 1 saturated heterocycles. The standard InChI is InChI=1S/C22H36N4O4/c1-14(2)11-18(26-22(29)19(30-3)15-7-5-4-6-8-15)21(28)25-17(13-23)12-16-9-10-24-20(16)27/h14-19H,4-12H2,1-3H3,(H,24,27)(H,25,28)(H,26,29)/t16-,17-,18-,19+/m0/s1.